The minimum absolute atomic E-state index is 0.00681. The largest absolute Gasteiger partial charge is 0.353 e. The first-order chi connectivity index (χ1) is 8.22. The van der Waals surface area contributed by atoms with Crippen LogP contribution in [0.5, 0.6) is 0 Å². The molecule has 1 rings (SSSR count). The molecule has 100 valence electrons. The van der Waals surface area contributed by atoms with Gasteiger partial charge in [-0.25, -0.2) is 0 Å². The van der Waals surface area contributed by atoms with E-state index in [1.807, 2.05) is 6.92 Å². The van der Waals surface area contributed by atoms with Gasteiger partial charge < -0.3 is 11.1 Å². The molecule has 0 spiro atoms. The molecule has 1 aliphatic carbocycles. The molecule has 0 radical (unpaired) electrons. The first-order valence-electron chi connectivity index (χ1n) is 7.23. The van der Waals surface area contributed by atoms with E-state index in [4.69, 9.17) is 5.73 Å². The Hall–Kier alpha value is -0.570. The minimum Gasteiger partial charge on any atom is -0.353 e. The van der Waals surface area contributed by atoms with Crippen molar-refractivity contribution in [3.8, 4) is 0 Å². The lowest BCUT2D eigenvalue weighted by Gasteiger charge is -2.31. The Kier molecular flexibility index (Phi) is 6.56. The zero-order valence-electron chi connectivity index (χ0n) is 11.4. The topological polar surface area (TPSA) is 55.1 Å². The van der Waals surface area contributed by atoms with Gasteiger partial charge in [0, 0.05) is 18.5 Å². The van der Waals surface area contributed by atoms with Crippen molar-refractivity contribution < 1.29 is 4.79 Å². The molecule has 3 nitrogen and oxygen atoms in total. The Morgan fingerprint density at radius 2 is 1.88 bits per heavy atom. The van der Waals surface area contributed by atoms with Gasteiger partial charge in [-0.05, 0) is 31.6 Å². The average Bonchev–Trinajstić information content (AvgIpc) is 2.38. The SMILES string of the molecule is CCC(CN)C(=O)NC(CC)C1CCCCC1. The smallest absolute Gasteiger partial charge is 0.224 e. The predicted molar refractivity (Wildman–Crippen MR) is 71.6 cm³/mol. The number of carbonyl (C=O) groups excluding carboxylic acids is 1. The maximum Gasteiger partial charge on any atom is 0.224 e. The number of nitrogens with two attached hydrogens (primary N) is 1. The second-order valence-corrected chi connectivity index (χ2v) is 5.26. The van der Waals surface area contributed by atoms with Gasteiger partial charge in [0.25, 0.3) is 0 Å². The molecular formula is C14H28N2O. The van der Waals surface area contributed by atoms with Crippen LogP contribution in [0.1, 0.15) is 58.8 Å². The summed E-state index contributed by atoms with van der Waals surface area (Å²) in [6, 6.07) is 0.364. The molecule has 0 saturated heterocycles. The van der Waals surface area contributed by atoms with Gasteiger partial charge in [0.05, 0.1) is 0 Å². The van der Waals surface area contributed by atoms with E-state index < -0.39 is 0 Å². The third kappa shape index (κ3) is 4.30. The molecule has 1 amide bonds. The van der Waals surface area contributed by atoms with E-state index in [0.29, 0.717) is 18.5 Å². The van der Waals surface area contributed by atoms with Gasteiger partial charge in [-0.2, -0.15) is 0 Å². The molecule has 17 heavy (non-hydrogen) atoms. The molecule has 0 aromatic carbocycles. The molecule has 0 aliphatic heterocycles. The molecule has 3 N–H and O–H groups in total. The summed E-state index contributed by atoms with van der Waals surface area (Å²) in [5.41, 5.74) is 5.62. The second kappa shape index (κ2) is 7.70. The van der Waals surface area contributed by atoms with E-state index in [2.05, 4.69) is 12.2 Å². The average molecular weight is 240 g/mol. The van der Waals surface area contributed by atoms with Crippen molar-refractivity contribution >= 4 is 5.91 Å². The maximum atomic E-state index is 12.0. The van der Waals surface area contributed by atoms with Crippen LogP contribution < -0.4 is 11.1 Å². The van der Waals surface area contributed by atoms with Gasteiger partial charge in [0.2, 0.25) is 5.91 Å². The molecule has 1 fully saturated rings. The zero-order valence-corrected chi connectivity index (χ0v) is 11.4. The highest BCUT2D eigenvalue weighted by Gasteiger charge is 2.25. The van der Waals surface area contributed by atoms with E-state index in [0.717, 1.165) is 12.8 Å². The summed E-state index contributed by atoms with van der Waals surface area (Å²) in [7, 11) is 0. The van der Waals surface area contributed by atoms with Gasteiger partial charge in [-0.1, -0.05) is 33.1 Å². The maximum absolute atomic E-state index is 12.0. The molecular weight excluding hydrogens is 212 g/mol. The summed E-state index contributed by atoms with van der Waals surface area (Å²) in [4.78, 5) is 12.0. The number of carbonyl (C=O) groups is 1. The molecule has 1 saturated carbocycles. The van der Waals surface area contributed by atoms with Crippen LogP contribution in [0.15, 0.2) is 0 Å². The molecule has 2 atom stereocenters. The highest BCUT2D eigenvalue weighted by atomic mass is 16.1. The lowest BCUT2D eigenvalue weighted by atomic mass is 9.82. The van der Waals surface area contributed by atoms with Crippen molar-refractivity contribution in [3.63, 3.8) is 0 Å². The monoisotopic (exact) mass is 240 g/mol. The fourth-order valence-electron chi connectivity index (χ4n) is 2.85. The third-order valence-corrected chi connectivity index (χ3v) is 4.13. The van der Waals surface area contributed by atoms with Crippen molar-refractivity contribution in [2.75, 3.05) is 6.54 Å². The molecule has 1 aliphatic rings. The first kappa shape index (κ1) is 14.5. The van der Waals surface area contributed by atoms with Crippen LogP contribution in [-0.2, 0) is 4.79 Å². The molecule has 2 unspecified atom stereocenters. The fraction of sp³-hybridized carbons (Fsp3) is 0.929. The van der Waals surface area contributed by atoms with E-state index in [-0.39, 0.29) is 11.8 Å². The number of hydrogen-bond acceptors (Lipinski definition) is 2. The Morgan fingerprint density at radius 3 is 2.35 bits per heavy atom. The summed E-state index contributed by atoms with van der Waals surface area (Å²) < 4.78 is 0. The number of hydrogen-bond donors (Lipinski definition) is 2. The standard InChI is InChI=1S/C14H28N2O/c1-3-11(10-15)14(17)16-13(4-2)12-8-6-5-7-9-12/h11-13H,3-10,15H2,1-2H3,(H,16,17). The second-order valence-electron chi connectivity index (χ2n) is 5.26. The quantitative estimate of drug-likeness (QED) is 0.749. The lowest BCUT2D eigenvalue weighted by Crippen LogP contribution is -2.44. The van der Waals surface area contributed by atoms with E-state index in [9.17, 15) is 4.79 Å². The van der Waals surface area contributed by atoms with Crippen LogP contribution in [0.3, 0.4) is 0 Å². The van der Waals surface area contributed by atoms with Crippen LogP contribution in [0, 0.1) is 11.8 Å². The van der Waals surface area contributed by atoms with E-state index in [1.165, 1.54) is 32.1 Å². The zero-order chi connectivity index (χ0) is 12.7. The van der Waals surface area contributed by atoms with Crippen LogP contribution in [0.2, 0.25) is 0 Å². The van der Waals surface area contributed by atoms with E-state index >= 15 is 0 Å². The highest BCUT2D eigenvalue weighted by Crippen LogP contribution is 2.27. The fourth-order valence-corrected chi connectivity index (χ4v) is 2.85. The van der Waals surface area contributed by atoms with Crippen molar-refractivity contribution in [3.05, 3.63) is 0 Å². The Bertz CT molecular complexity index is 220. The first-order valence-corrected chi connectivity index (χ1v) is 7.23. The van der Waals surface area contributed by atoms with Crippen molar-refractivity contribution in [2.45, 2.75) is 64.8 Å². The number of amides is 1. The van der Waals surface area contributed by atoms with Crippen molar-refractivity contribution in [2.24, 2.45) is 17.6 Å². The van der Waals surface area contributed by atoms with E-state index in [1.54, 1.807) is 0 Å². The Labute approximate surface area is 106 Å². The van der Waals surface area contributed by atoms with Crippen LogP contribution >= 0.6 is 0 Å². The molecule has 0 aromatic rings. The molecule has 0 bridgehead atoms. The van der Waals surface area contributed by atoms with Crippen LogP contribution in [0.4, 0.5) is 0 Å². The van der Waals surface area contributed by atoms with Gasteiger partial charge >= 0.3 is 0 Å². The van der Waals surface area contributed by atoms with Crippen molar-refractivity contribution in [1.82, 2.24) is 5.32 Å². The summed E-state index contributed by atoms with van der Waals surface area (Å²) in [5.74, 6) is 0.841. The highest BCUT2D eigenvalue weighted by molar-refractivity contribution is 5.79. The van der Waals surface area contributed by atoms with Crippen LogP contribution in [0.25, 0.3) is 0 Å². The molecule has 0 heterocycles. The predicted octanol–water partition coefficient (Wildman–Crippen LogP) is 2.45. The summed E-state index contributed by atoms with van der Waals surface area (Å²) in [5, 5.41) is 3.22. The number of rotatable bonds is 6. The van der Waals surface area contributed by atoms with Gasteiger partial charge in [-0.3, -0.25) is 4.79 Å². The summed E-state index contributed by atoms with van der Waals surface area (Å²) in [6.45, 7) is 4.66. The van der Waals surface area contributed by atoms with Crippen molar-refractivity contribution in [1.29, 1.82) is 0 Å². The molecule has 3 heteroatoms. The third-order valence-electron chi connectivity index (χ3n) is 4.13. The van der Waals surface area contributed by atoms with Gasteiger partial charge in [0.1, 0.15) is 0 Å². The van der Waals surface area contributed by atoms with Gasteiger partial charge in [-0.15, -0.1) is 0 Å². The van der Waals surface area contributed by atoms with Gasteiger partial charge in [0.15, 0.2) is 0 Å². The summed E-state index contributed by atoms with van der Waals surface area (Å²) in [6.07, 6.45) is 8.44. The Balaban J connectivity index is 2.47. The molecule has 0 aromatic heterocycles. The number of nitrogens with one attached hydrogen (secondary N) is 1. The normalized spacial score (nSPS) is 20.9. The lowest BCUT2D eigenvalue weighted by molar-refractivity contribution is -0.126. The minimum atomic E-state index is -0.00681. The van der Waals surface area contributed by atoms with Crippen LogP contribution in [-0.4, -0.2) is 18.5 Å². The summed E-state index contributed by atoms with van der Waals surface area (Å²) >= 11 is 0. The Morgan fingerprint density at radius 1 is 1.24 bits per heavy atom.